The van der Waals surface area contributed by atoms with E-state index in [1.165, 1.54) is 0 Å². The normalized spacial score (nSPS) is 10.7. The van der Waals surface area contributed by atoms with Crippen LogP contribution in [0.25, 0.3) is 10.9 Å². The summed E-state index contributed by atoms with van der Waals surface area (Å²) < 4.78 is 0. The Labute approximate surface area is 170 Å². The minimum absolute atomic E-state index is 0.0784. The number of rotatable bonds is 5. The first-order chi connectivity index (χ1) is 14.2. The molecule has 4 rings (SSSR count). The van der Waals surface area contributed by atoms with Crippen molar-refractivity contribution in [2.45, 2.75) is 13.8 Å². The SMILES string of the molecule is CCN(C(=O)c1cncc(Nc2cccc3cccnc23)c1)c1cccc(C)c1. The third-order valence-corrected chi connectivity index (χ3v) is 4.77. The largest absolute Gasteiger partial charge is 0.352 e. The number of carbonyl (C=O) groups excluding carboxylic acids is 1. The summed E-state index contributed by atoms with van der Waals surface area (Å²) in [6, 6.07) is 19.7. The maximum absolute atomic E-state index is 13.2. The van der Waals surface area contributed by atoms with Gasteiger partial charge in [0.1, 0.15) is 0 Å². The molecule has 0 aliphatic rings. The average Bonchev–Trinajstić information content (AvgIpc) is 2.75. The van der Waals surface area contributed by atoms with Crippen LogP contribution in [-0.2, 0) is 0 Å². The molecule has 0 atom stereocenters. The van der Waals surface area contributed by atoms with Crippen LogP contribution >= 0.6 is 0 Å². The number of amides is 1. The predicted octanol–water partition coefficient (Wildman–Crippen LogP) is 5.35. The van der Waals surface area contributed by atoms with Gasteiger partial charge < -0.3 is 10.2 Å². The lowest BCUT2D eigenvalue weighted by Gasteiger charge is -2.21. The molecule has 5 nitrogen and oxygen atoms in total. The quantitative estimate of drug-likeness (QED) is 0.506. The van der Waals surface area contributed by atoms with Crippen molar-refractivity contribution in [3.8, 4) is 0 Å². The van der Waals surface area contributed by atoms with Gasteiger partial charge in [0.05, 0.1) is 28.7 Å². The molecule has 0 unspecified atom stereocenters. The zero-order chi connectivity index (χ0) is 20.2. The molecule has 0 saturated carbocycles. The van der Waals surface area contributed by atoms with Gasteiger partial charge in [-0.3, -0.25) is 14.8 Å². The molecule has 1 N–H and O–H groups in total. The number of nitrogens with zero attached hydrogens (tertiary/aromatic N) is 3. The molecule has 1 amide bonds. The number of benzene rings is 2. The maximum atomic E-state index is 13.2. The van der Waals surface area contributed by atoms with Crippen molar-refractivity contribution in [3.05, 3.63) is 90.4 Å². The Bertz CT molecular complexity index is 1170. The van der Waals surface area contributed by atoms with Crippen molar-refractivity contribution in [3.63, 3.8) is 0 Å². The summed E-state index contributed by atoms with van der Waals surface area (Å²) in [4.78, 5) is 23.7. The van der Waals surface area contributed by atoms with E-state index in [2.05, 4.69) is 15.3 Å². The zero-order valence-corrected chi connectivity index (χ0v) is 16.5. The molecule has 2 aromatic heterocycles. The summed E-state index contributed by atoms with van der Waals surface area (Å²) in [5.74, 6) is -0.0784. The van der Waals surface area contributed by atoms with Crippen molar-refractivity contribution >= 4 is 33.9 Å². The molecule has 0 aliphatic heterocycles. The van der Waals surface area contributed by atoms with Crippen LogP contribution in [-0.4, -0.2) is 22.4 Å². The third kappa shape index (κ3) is 3.94. The van der Waals surface area contributed by atoms with Crippen molar-refractivity contribution in [2.24, 2.45) is 0 Å². The monoisotopic (exact) mass is 382 g/mol. The number of fused-ring (bicyclic) bond motifs is 1. The van der Waals surface area contributed by atoms with Gasteiger partial charge in [-0.1, -0.05) is 30.3 Å². The van der Waals surface area contributed by atoms with Crippen LogP contribution in [0.3, 0.4) is 0 Å². The van der Waals surface area contributed by atoms with Crippen LogP contribution in [0.4, 0.5) is 17.1 Å². The van der Waals surface area contributed by atoms with Gasteiger partial charge in [-0.25, -0.2) is 0 Å². The molecule has 0 aliphatic carbocycles. The summed E-state index contributed by atoms with van der Waals surface area (Å²) in [7, 11) is 0. The zero-order valence-electron chi connectivity index (χ0n) is 16.5. The number of hydrogen-bond donors (Lipinski definition) is 1. The highest BCUT2D eigenvalue weighted by Crippen LogP contribution is 2.25. The Morgan fingerprint density at radius 3 is 2.69 bits per heavy atom. The second-order valence-electron chi connectivity index (χ2n) is 6.86. The first-order valence-electron chi connectivity index (χ1n) is 9.60. The summed E-state index contributed by atoms with van der Waals surface area (Å²) in [6.07, 6.45) is 5.08. The molecule has 2 aromatic carbocycles. The van der Waals surface area contributed by atoms with Gasteiger partial charge in [-0.15, -0.1) is 0 Å². The number of aromatic nitrogens is 2. The minimum atomic E-state index is -0.0784. The number of carbonyl (C=O) groups is 1. The fraction of sp³-hybridized carbons (Fsp3) is 0.125. The first-order valence-corrected chi connectivity index (χ1v) is 9.60. The molecule has 0 fully saturated rings. The van der Waals surface area contributed by atoms with Crippen molar-refractivity contribution in [1.29, 1.82) is 0 Å². The summed E-state index contributed by atoms with van der Waals surface area (Å²) in [5.41, 5.74) is 5.03. The summed E-state index contributed by atoms with van der Waals surface area (Å²) in [6.45, 7) is 4.57. The molecule has 144 valence electrons. The molecule has 0 radical (unpaired) electrons. The maximum Gasteiger partial charge on any atom is 0.259 e. The minimum Gasteiger partial charge on any atom is -0.352 e. The molecule has 29 heavy (non-hydrogen) atoms. The Kier molecular flexibility index (Phi) is 5.20. The predicted molar refractivity (Wildman–Crippen MR) is 118 cm³/mol. The summed E-state index contributed by atoms with van der Waals surface area (Å²) >= 11 is 0. The van der Waals surface area contributed by atoms with Crippen LogP contribution in [0.5, 0.6) is 0 Å². The molecule has 0 bridgehead atoms. The van der Waals surface area contributed by atoms with Crippen LogP contribution in [0.1, 0.15) is 22.8 Å². The van der Waals surface area contributed by atoms with Crippen LogP contribution in [0.15, 0.2) is 79.3 Å². The fourth-order valence-electron chi connectivity index (χ4n) is 3.38. The first kappa shape index (κ1) is 18.6. The van der Waals surface area contributed by atoms with Crippen molar-refractivity contribution in [2.75, 3.05) is 16.8 Å². The van der Waals surface area contributed by atoms with Gasteiger partial charge in [0.2, 0.25) is 0 Å². The third-order valence-electron chi connectivity index (χ3n) is 4.77. The van der Waals surface area contributed by atoms with E-state index in [0.717, 1.165) is 33.5 Å². The molecule has 2 heterocycles. The van der Waals surface area contributed by atoms with E-state index in [1.807, 2.05) is 74.5 Å². The molecule has 0 saturated heterocycles. The standard InChI is InChI=1S/C24H22N4O/c1-3-28(21-10-4-7-17(2)13-21)24(29)19-14-20(16-25-15-19)27-22-11-5-8-18-9-6-12-26-23(18)22/h4-16,27H,3H2,1-2H3. The van der Waals surface area contributed by atoms with E-state index < -0.39 is 0 Å². The smallest absolute Gasteiger partial charge is 0.259 e. The van der Waals surface area contributed by atoms with E-state index in [9.17, 15) is 4.79 Å². The highest BCUT2D eigenvalue weighted by molar-refractivity contribution is 6.06. The Morgan fingerprint density at radius 2 is 1.86 bits per heavy atom. The van der Waals surface area contributed by atoms with Crippen molar-refractivity contribution < 1.29 is 4.79 Å². The lowest BCUT2D eigenvalue weighted by molar-refractivity contribution is 0.0988. The van der Waals surface area contributed by atoms with E-state index in [1.54, 1.807) is 23.5 Å². The summed E-state index contributed by atoms with van der Waals surface area (Å²) in [5, 5.41) is 4.40. The van der Waals surface area contributed by atoms with Gasteiger partial charge in [0.15, 0.2) is 0 Å². The number of nitrogens with one attached hydrogen (secondary N) is 1. The fourth-order valence-corrected chi connectivity index (χ4v) is 3.38. The highest BCUT2D eigenvalue weighted by atomic mass is 16.2. The average molecular weight is 382 g/mol. The molecular formula is C24H22N4O. The van der Waals surface area contributed by atoms with Gasteiger partial charge in [-0.05, 0) is 49.7 Å². The van der Waals surface area contributed by atoms with Gasteiger partial charge in [-0.2, -0.15) is 0 Å². The molecular weight excluding hydrogens is 360 g/mol. The van der Waals surface area contributed by atoms with Crippen LogP contribution in [0.2, 0.25) is 0 Å². The number of pyridine rings is 2. The lowest BCUT2D eigenvalue weighted by Crippen LogP contribution is -2.30. The Balaban J connectivity index is 1.63. The number of para-hydroxylation sites is 1. The van der Waals surface area contributed by atoms with Crippen LogP contribution in [0, 0.1) is 6.92 Å². The molecule has 0 spiro atoms. The van der Waals surface area contributed by atoms with Gasteiger partial charge in [0.25, 0.3) is 5.91 Å². The van der Waals surface area contributed by atoms with E-state index >= 15 is 0 Å². The number of aryl methyl sites for hydroxylation is 1. The topological polar surface area (TPSA) is 58.1 Å². The second-order valence-corrected chi connectivity index (χ2v) is 6.86. The Morgan fingerprint density at radius 1 is 1.03 bits per heavy atom. The van der Waals surface area contributed by atoms with E-state index in [0.29, 0.717) is 12.1 Å². The van der Waals surface area contributed by atoms with E-state index in [4.69, 9.17) is 0 Å². The molecule has 5 heteroatoms. The number of anilines is 3. The highest BCUT2D eigenvalue weighted by Gasteiger charge is 2.17. The van der Waals surface area contributed by atoms with E-state index in [-0.39, 0.29) is 5.91 Å². The number of hydrogen-bond acceptors (Lipinski definition) is 4. The van der Waals surface area contributed by atoms with Gasteiger partial charge >= 0.3 is 0 Å². The van der Waals surface area contributed by atoms with Crippen LogP contribution < -0.4 is 10.2 Å². The Hall–Kier alpha value is -3.73. The molecule has 4 aromatic rings. The van der Waals surface area contributed by atoms with Crippen molar-refractivity contribution in [1.82, 2.24) is 9.97 Å². The lowest BCUT2D eigenvalue weighted by atomic mass is 10.1. The second kappa shape index (κ2) is 8.10. The van der Waals surface area contributed by atoms with Gasteiger partial charge in [0, 0.05) is 30.0 Å².